The van der Waals surface area contributed by atoms with Gasteiger partial charge in [-0.05, 0) is 30.5 Å². The summed E-state index contributed by atoms with van der Waals surface area (Å²) in [5, 5.41) is 6.24. The summed E-state index contributed by atoms with van der Waals surface area (Å²) in [6.07, 6.45) is 1.18. The van der Waals surface area contributed by atoms with E-state index in [1.807, 2.05) is 11.8 Å². The van der Waals surface area contributed by atoms with Crippen molar-refractivity contribution in [1.82, 2.24) is 10.3 Å². The van der Waals surface area contributed by atoms with Crippen LogP contribution in [0.5, 0.6) is 0 Å². The van der Waals surface area contributed by atoms with E-state index in [0.29, 0.717) is 6.04 Å². The molecule has 0 aliphatic carbocycles. The van der Waals surface area contributed by atoms with Crippen LogP contribution in [0.15, 0.2) is 35.4 Å². The Hall–Kier alpha value is -0.930. The fraction of sp³-hybridized carbons (Fsp3) is 0.529. The third-order valence-electron chi connectivity index (χ3n) is 3.60. The first-order chi connectivity index (χ1) is 9.50. The number of para-hydroxylation sites is 1. The fourth-order valence-corrected chi connectivity index (χ4v) is 3.59. The van der Waals surface area contributed by atoms with Crippen LogP contribution in [0.25, 0.3) is 10.9 Å². The van der Waals surface area contributed by atoms with Crippen LogP contribution in [0.2, 0.25) is 0 Å². The highest BCUT2D eigenvalue weighted by molar-refractivity contribution is 7.99. The van der Waals surface area contributed by atoms with Gasteiger partial charge < -0.3 is 10.3 Å². The van der Waals surface area contributed by atoms with E-state index in [0.717, 1.165) is 12.3 Å². The number of fused-ring (bicyclic) bond motifs is 1. The topological polar surface area (TPSA) is 27.8 Å². The SMILES string of the molecule is CCCNC(CSc1cc2ccccc2[nH]1)C(C)(C)C. The summed E-state index contributed by atoms with van der Waals surface area (Å²) in [6, 6.07) is 11.2. The Morgan fingerprint density at radius 3 is 2.65 bits per heavy atom. The zero-order valence-corrected chi connectivity index (χ0v) is 13.8. The van der Waals surface area contributed by atoms with Crippen molar-refractivity contribution in [3.8, 4) is 0 Å². The Bertz CT molecular complexity index is 506. The molecule has 0 saturated carbocycles. The molecule has 1 aromatic carbocycles. The summed E-state index contributed by atoms with van der Waals surface area (Å²) in [7, 11) is 0. The van der Waals surface area contributed by atoms with Crippen LogP contribution in [0.1, 0.15) is 34.1 Å². The minimum absolute atomic E-state index is 0.286. The van der Waals surface area contributed by atoms with Crippen LogP contribution in [0.4, 0.5) is 0 Å². The molecule has 1 atom stereocenters. The quantitative estimate of drug-likeness (QED) is 0.756. The lowest BCUT2D eigenvalue weighted by atomic mass is 9.88. The molecular formula is C17H26N2S. The van der Waals surface area contributed by atoms with Gasteiger partial charge in [-0.15, -0.1) is 11.8 Å². The second-order valence-corrected chi connectivity index (χ2v) is 7.47. The third-order valence-corrected chi connectivity index (χ3v) is 4.63. The van der Waals surface area contributed by atoms with Crippen molar-refractivity contribution in [3.05, 3.63) is 30.3 Å². The Balaban J connectivity index is 2.01. The van der Waals surface area contributed by atoms with E-state index in [1.54, 1.807) is 0 Å². The maximum Gasteiger partial charge on any atom is 0.0733 e. The molecule has 3 heteroatoms. The predicted octanol–water partition coefficient (Wildman–Crippen LogP) is 4.67. The molecule has 2 aromatic rings. The molecule has 2 N–H and O–H groups in total. The highest BCUT2D eigenvalue weighted by atomic mass is 32.2. The highest BCUT2D eigenvalue weighted by Crippen LogP contribution is 2.28. The number of benzene rings is 1. The summed E-state index contributed by atoms with van der Waals surface area (Å²) in [5.74, 6) is 1.09. The Kier molecular flexibility index (Phi) is 5.17. The van der Waals surface area contributed by atoms with Gasteiger partial charge >= 0.3 is 0 Å². The van der Waals surface area contributed by atoms with E-state index < -0.39 is 0 Å². The molecule has 1 aromatic heterocycles. The van der Waals surface area contributed by atoms with Crippen LogP contribution < -0.4 is 5.32 Å². The van der Waals surface area contributed by atoms with Gasteiger partial charge in [-0.1, -0.05) is 45.9 Å². The summed E-state index contributed by atoms with van der Waals surface area (Å²) >= 11 is 1.91. The van der Waals surface area contributed by atoms with Gasteiger partial charge in [0.2, 0.25) is 0 Å². The smallest absolute Gasteiger partial charge is 0.0733 e. The minimum atomic E-state index is 0.286. The van der Waals surface area contributed by atoms with Crippen molar-refractivity contribution in [2.45, 2.75) is 45.2 Å². The minimum Gasteiger partial charge on any atom is -0.350 e. The Morgan fingerprint density at radius 1 is 1.25 bits per heavy atom. The second-order valence-electron chi connectivity index (χ2n) is 6.40. The van der Waals surface area contributed by atoms with Crippen molar-refractivity contribution in [2.75, 3.05) is 12.3 Å². The van der Waals surface area contributed by atoms with E-state index in [1.165, 1.54) is 22.3 Å². The van der Waals surface area contributed by atoms with E-state index >= 15 is 0 Å². The van der Waals surface area contributed by atoms with Crippen LogP contribution in [0, 0.1) is 5.41 Å². The van der Waals surface area contributed by atoms with Gasteiger partial charge in [0.05, 0.1) is 5.03 Å². The average molecular weight is 290 g/mol. The number of thioether (sulfide) groups is 1. The van der Waals surface area contributed by atoms with Crippen LogP contribution in [-0.2, 0) is 0 Å². The fourth-order valence-electron chi connectivity index (χ4n) is 2.23. The van der Waals surface area contributed by atoms with Crippen molar-refractivity contribution < 1.29 is 0 Å². The van der Waals surface area contributed by atoms with Gasteiger partial charge in [0.15, 0.2) is 0 Å². The summed E-state index contributed by atoms with van der Waals surface area (Å²) in [4.78, 5) is 3.49. The van der Waals surface area contributed by atoms with Crippen molar-refractivity contribution in [2.24, 2.45) is 5.41 Å². The second kappa shape index (κ2) is 6.68. The lowest BCUT2D eigenvalue weighted by molar-refractivity contribution is 0.292. The molecule has 2 rings (SSSR count). The highest BCUT2D eigenvalue weighted by Gasteiger charge is 2.24. The number of hydrogen-bond acceptors (Lipinski definition) is 2. The number of aromatic nitrogens is 1. The molecule has 1 heterocycles. The van der Waals surface area contributed by atoms with Crippen LogP contribution in [0.3, 0.4) is 0 Å². The molecule has 110 valence electrons. The molecule has 0 bridgehead atoms. The molecule has 0 amide bonds. The molecule has 0 aliphatic rings. The Labute approximate surface area is 126 Å². The van der Waals surface area contributed by atoms with Gasteiger partial charge in [0.1, 0.15) is 0 Å². The zero-order valence-electron chi connectivity index (χ0n) is 13.0. The summed E-state index contributed by atoms with van der Waals surface area (Å²) < 4.78 is 0. The lowest BCUT2D eigenvalue weighted by Gasteiger charge is -2.31. The van der Waals surface area contributed by atoms with Crippen molar-refractivity contribution in [1.29, 1.82) is 0 Å². The molecule has 1 unspecified atom stereocenters. The van der Waals surface area contributed by atoms with Gasteiger partial charge in [-0.3, -0.25) is 0 Å². The molecule has 0 spiro atoms. The van der Waals surface area contributed by atoms with Crippen molar-refractivity contribution >= 4 is 22.7 Å². The number of hydrogen-bond donors (Lipinski definition) is 2. The van der Waals surface area contributed by atoms with Crippen molar-refractivity contribution in [3.63, 3.8) is 0 Å². The molecule has 0 fully saturated rings. The largest absolute Gasteiger partial charge is 0.350 e. The van der Waals surface area contributed by atoms with Crippen LogP contribution >= 0.6 is 11.8 Å². The van der Waals surface area contributed by atoms with Gasteiger partial charge in [0.25, 0.3) is 0 Å². The first kappa shape index (κ1) is 15.5. The lowest BCUT2D eigenvalue weighted by Crippen LogP contribution is -2.42. The van der Waals surface area contributed by atoms with E-state index in [-0.39, 0.29) is 5.41 Å². The summed E-state index contributed by atoms with van der Waals surface area (Å²) in [6.45, 7) is 10.2. The molecule has 0 saturated heterocycles. The third kappa shape index (κ3) is 4.03. The van der Waals surface area contributed by atoms with Gasteiger partial charge in [0, 0.05) is 22.7 Å². The molecule has 0 aliphatic heterocycles. The normalized spacial score (nSPS) is 13.8. The molecule has 2 nitrogen and oxygen atoms in total. The Morgan fingerprint density at radius 2 is 2.00 bits per heavy atom. The zero-order chi connectivity index (χ0) is 14.6. The first-order valence-electron chi connectivity index (χ1n) is 7.44. The standard InChI is InChI=1S/C17H26N2S/c1-5-10-18-15(17(2,3)4)12-20-16-11-13-8-6-7-9-14(13)19-16/h6-9,11,15,18-19H,5,10,12H2,1-4H3. The van der Waals surface area contributed by atoms with E-state index in [9.17, 15) is 0 Å². The van der Waals surface area contributed by atoms with E-state index in [4.69, 9.17) is 0 Å². The molecule has 20 heavy (non-hydrogen) atoms. The van der Waals surface area contributed by atoms with Gasteiger partial charge in [-0.2, -0.15) is 0 Å². The maximum absolute atomic E-state index is 3.68. The maximum atomic E-state index is 3.68. The average Bonchev–Trinajstić information content (AvgIpc) is 2.79. The summed E-state index contributed by atoms with van der Waals surface area (Å²) in [5.41, 5.74) is 1.51. The molecule has 0 radical (unpaired) electrons. The van der Waals surface area contributed by atoms with E-state index in [2.05, 4.69) is 68.3 Å². The first-order valence-corrected chi connectivity index (χ1v) is 8.43. The van der Waals surface area contributed by atoms with Crippen LogP contribution in [-0.4, -0.2) is 23.3 Å². The number of aromatic amines is 1. The predicted molar refractivity (Wildman–Crippen MR) is 90.6 cm³/mol. The molecular weight excluding hydrogens is 264 g/mol. The monoisotopic (exact) mass is 290 g/mol. The van der Waals surface area contributed by atoms with Gasteiger partial charge in [-0.25, -0.2) is 0 Å². The number of nitrogens with one attached hydrogen (secondary N) is 2. The number of H-pyrrole nitrogens is 1. The number of rotatable bonds is 6.